The summed E-state index contributed by atoms with van der Waals surface area (Å²) in [5, 5.41) is 10.1. The molecular weight excluding hydrogens is 234 g/mol. The highest BCUT2D eigenvalue weighted by atomic mass is 16.3. The quantitative estimate of drug-likeness (QED) is 0.606. The van der Waals surface area contributed by atoms with Crippen molar-refractivity contribution in [2.75, 3.05) is 0 Å². The van der Waals surface area contributed by atoms with Crippen molar-refractivity contribution in [2.24, 2.45) is 0 Å². The van der Waals surface area contributed by atoms with E-state index >= 15 is 0 Å². The number of aliphatic hydroxyl groups is 1. The maximum absolute atomic E-state index is 10.1. The fourth-order valence-electron chi connectivity index (χ4n) is 2.48. The Labute approximate surface area is 118 Å². The van der Waals surface area contributed by atoms with Gasteiger partial charge in [0.1, 0.15) is 0 Å². The van der Waals surface area contributed by atoms with Gasteiger partial charge in [0.2, 0.25) is 0 Å². The van der Waals surface area contributed by atoms with Crippen LogP contribution < -0.4 is 0 Å². The van der Waals surface area contributed by atoms with Crippen LogP contribution >= 0.6 is 0 Å². The summed E-state index contributed by atoms with van der Waals surface area (Å²) in [7, 11) is 0. The molecule has 1 aromatic heterocycles. The monoisotopic (exact) mass is 263 g/mol. The summed E-state index contributed by atoms with van der Waals surface area (Å²) in [5.41, 5.74) is 1.94. The second-order valence-corrected chi connectivity index (χ2v) is 5.46. The number of unbranched alkanes of at least 4 members (excludes halogenated alkanes) is 7. The molecule has 19 heavy (non-hydrogen) atoms. The third-order valence-electron chi connectivity index (χ3n) is 3.74. The van der Waals surface area contributed by atoms with E-state index in [1.165, 1.54) is 44.9 Å². The molecule has 1 heterocycles. The molecule has 0 fully saturated rings. The van der Waals surface area contributed by atoms with E-state index in [-0.39, 0.29) is 6.10 Å². The first-order chi connectivity index (χ1) is 9.25. The zero-order valence-corrected chi connectivity index (χ0v) is 12.6. The number of aliphatic hydroxyl groups excluding tert-OH is 1. The predicted octanol–water partition coefficient (Wildman–Crippen LogP) is 4.95. The van der Waals surface area contributed by atoms with Crippen molar-refractivity contribution >= 4 is 0 Å². The molecule has 0 aliphatic rings. The van der Waals surface area contributed by atoms with Gasteiger partial charge in [-0.05, 0) is 19.4 Å². The van der Waals surface area contributed by atoms with Crippen LogP contribution in [-0.2, 0) is 0 Å². The number of hydrogen-bond donors (Lipinski definition) is 1. The highest BCUT2D eigenvalue weighted by Gasteiger charge is 2.09. The van der Waals surface area contributed by atoms with Gasteiger partial charge in [-0.25, -0.2) is 0 Å². The molecule has 0 aliphatic carbocycles. The van der Waals surface area contributed by atoms with E-state index in [0.29, 0.717) is 0 Å². The van der Waals surface area contributed by atoms with Gasteiger partial charge in [-0.3, -0.25) is 4.98 Å². The van der Waals surface area contributed by atoms with Gasteiger partial charge in [0.05, 0.1) is 6.10 Å². The lowest BCUT2D eigenvalue weighted by Gasteiger charge is -2.12. The number of rotatable bonds is 10. The van der Waals surface area contributed by atoms with Crippen molar-refractivity contribution in [1.29, 1.82) is 0 Å². The van der Waals surface area contributed by atoms with Gasteiger partial charge in [0, 0.05) is 17.5 Å². The first-order valence-electron chi connectivity index (χ1n) is 7.85. The topological polar surface area (TPSA) is 33.1 Å². The zero-order chi connectivity index (χ0) is 13.9. The van der Waals surface area contributed by atoms with Crippen molar-refractivity contribution in [1.82, 2.24) is 4.98 Å². The van der Waals surface area contributed by atoms with Gasteiger partial charge in [-0.1, -0.05) is 64.4 Å². The van der Waals surface area contributed by atoms with Crippen LogP contribution in [-0.4, -0.2) is 10.1 Å². The molecule has 108 valence electrons. The molecule has 0 spiro atoms. The van der Waals surface area contributed by atoms with Gasteiger partial charge in [-0.2, -0.15) is 0 Å². The molecule has 1 unspecified atom stereocenters. The molecule has 2 heteroatoms. The number of aryl methyl sites for hydroxylation is 1. The van der Waals surface area contributed by atoms with E-state index in [1.54, 1.807) is 6.20 Å². The van der Waals surface area contributed by atoms with Crippen molar-refractivity contribution in [2.45, 2.75) is 77.7 Å². The maximum Gasteiger partial charge on any atom is 0.0807 e. The van der Waals surface area contributed by atoms with Gasteiger partial charge in [0.25, 0.3) is 0 Å². The van der Waals surface area contributed by atoms with Gasteiger partial charge >= 0.3 is 0 Å². The number of hydrogen-bond acceptors (Lipinski definition) is 2. The molecule has 0 saturated carbocycles. The second-order valence-electron chi connectivity index (χ2n) is 5.46. The molecule has 0 amide bonds. The van der Waals surface area contributed by atoms with Crippen molar-refractivity contribution < 1.29 is 5.11 Å². The van der Waals surface area contributed by atoms with E-state index in [9.17, 15) is 5.11 Å². The van der Waals surface area contributed by atoms with Crippen LogP contribution in [0, 0.1) is 6.92 Å². The number of aromatic nitrogens is 1. The third kappa shape index (κ3) is 6.72. The summed E-state index contributed by atoms with van der Waals surface area (Å²) in [6, 6.07) is 3.89. The molecule has 1 N–H and O–H groups in total. The highest BCUT2D eigenvalue weighted by Crippen LogP contribution is 2.21. The molecule has 1 rings (SSSR count). The molecule has 0 bridgehead atoms. The summed E-state index contributed by atoms with van der Waals surface area (Å²) in [4.78, 5) is 4.23. The second kappa shape index (κ2) is 9.96. The Morgan fingerprint density at radius 3 is 2.32 bits per heavy atom. The standard InChI is InChI=1S/C17H29NO/c1-3-4-5-6-7-8-9-10-13-17(19)16-12-11-14-18-15(16)2/h11-12,14,17,19H,3-10,13H2,1-2H3. The maximum atomic E-state index is 10.1. The molecule has 1 aromatic rings. The van der Waals surface area contributed by atoms with E-state index < -0.39 is 0 Å². The molecule has 2 nitrogen and oxygen atoms in total. The van der Waals surface area contributed by atoms with Crippen molar-refractivity contribution in [3.05, 3.63) is 29.6 Å². The zero-order valence-electron chi connectivity index (χ0n) is 12.6. The molecule has 0 aromatic carbocycles. The number of nitrogens with zero attached hydrogens (tertiary/aromatic N) is 1. The molecular formula is C17H29NO. The summed E-state index contributed by atoms with van der Waals surface area (Å²) in [6.07, 6.45) is 12.8. The first kappa shape index (κ1) is 16.2. The van der Waals surface area contributed by atoms with Gasteiger partial charge in [0.15, 0.2) is 0 Å². The van der Waals surface area contributed by atoms with Crippen LogP contribution in [0.5, 0.6) is 0 Å². The Kier molecular flexibility index (Phi) is 8.48. The van der Waals surface area contributed by atoms with E-state index in [0.717, 1.165) is 24.1 Å². The fourth-order valence-corrected chi connectivity index (χ4v) is 2.48. The molecule has 0 saturated heterocycles. The lowest BCUT2D eigenvalue weighted by atomic mass is 10.0. The normalized spacial score (nSPS) is 12.6. The van der Waals surface area contributed by atoms with Crippen molar-refractivity contribution in [3.63, 3.8) is 0 Å². The first-order valence-corrected chi connectivity index (χ1v) is 7.85. The Hall–Kier alpha value is -0.890. The van der Waals surface area contributed by atoms with Crippen LogP contribution in [0.4, 0.5) is 0 Å². The van der Waals surface area contributed by atoms with E-state index in [1.807, 2.05) is 19.1 Å². The van der Waals surface area contributed by atoms with Crippen LogP contribution in [0.15, 0.2) is 18.3 Å². The molecule has 1 atom stereocenters. The Morgan fingerprint density at radius 2 is 1.68 bits per heavy atom. The summed E-state index contributed by atoms with van der Waals surface area (Å²) in [5.74, 6) is 0. The minimum absolute atomic E-state index is 0.339. The van der Waals surface area contributed by atoms with Crippen molar-refractivity contribution in [3.8, 4) is 0 Å². The van der Waals surface area contributed by atoms with Crippen LogP contribution in [0.3, 0.4) is 0 Å². The van der Waals surface area contributed by atoms with Crippen LogP contribution in [0.1, 0.15) is 82.1 Å². The molecule has 0 radical (unpaired) electrons. The largest absolute Gasteiger partial charge is 0.388 e. The summed E-state index contributed by atoms with van der Waals surface area (Å²) in [6.45, 7) is 4.22. The van der Waals surface area contributed by atoms with Crippen LogP contribution in [0.25, 0.3) is 0 Å². The Bertz CT molecular complexity index is 338. The third-order valence-corrected chi connectivity index (χ3v) is 3.74. The fraction of sp³-hybridized carbons (Fsp3) is 0.706. The smallest absolute Gasteiger partial charge is 0.0807 e. The highest BCUT2D eigenvalue weighted by molar-refractivity contribution is 5.20. The summed E-state index contributed by atoms with van der Waals surface area (Å²) >= 11 is 0. The van der Waals surface area contributed by atoms with Crippen LogP contribution in [0.2, 0.25) is 0 Å². The predicted molar refractivity (Wildman–Crippen MR) is 81.2 cm³/mol. The van der Waals surface area contributed by atoms with E-state index in [4.69, 9.17) is 0 Å². The SMILES string of the molecule is CCCCCCCCCCC(O)c1cccnc1C. The average Bonchev–Trinajstić information content (AvgIpc) is 2.42. The molecule has 0 aliphatic heterocycles. The van der Waals surface area contributed by atoms with E-state index in [2.05, 4.69) is 11.9 Å². The average molecular weight is 263 g/mol. The Morgan fingerprint density at radius 1 is 1.05 bits per heavy atom. The minimum Gasteiger partial charge on any atom is -0.388 e. The lowest BCUT2D eigenvalue weighted by molar-refractivity contribution is 0.162. The van der Waals surface area contributed by atoms with Gasteiger partial charge < -0.3 is 5.11 Å². The minimum atomic E-state index is -0.339. The summed E-state index contributed by atoms with van der Waals surface area (Å²) < 4.78 is 0. The number of pyridine rings is 1. The van der Waals surface area contributed by atoms with Gasteiger partial charge in [-0.15, -0.1) is 0 Å². The lowest BCUT2D eigenvalue weighted by Crippen LogP contribution is -2.01. The Balaban J connectivity index is 2.08.